The standard InChI is InChI=1S/C15H17N3O2.CH2O2/c19-15(14-12-3-1-2-4-13(12)20-16-14)18-10-9-17-7-5-11(18)6-8-17;2-1-3/h1-4,11H,5-10H2;1H,(H,2,3). The summed E-state index contributed by atoms with van der Waals surface area (Å²) in [5.41, 5.74) is 1.14. The second-order valence-corrected chi connectivity index (χ2v) is 5.70. The van der Waals surface area contributed by atoms with Crippen molar-refractivity contribution in [2.24, 2.45) is 0 Å². The molecule has 3 saturated heterocycles. The molecule has 1 N–H and O–H groups in total. The molecule has 0 saturated carbocycles. The zero-order valence-corrected chi connectivity index (χ0v) is 12.7. The molecule has 1 aromatic carbocycles. The Morgan fingerprint density at radius 1 is 1.22 bits per heavy atom. The van der Waals surface area contributed by atoms with Gasteiger partial charge in [0.1, 0.15) is 0 Å². The van der Waals surface area contributed by atoms with E-state index in [1.165, 1.54) is 0 Å². The highest BCUT2D eigenvalue weighted by atomic mass is 16.5. The van der Waals surface area contributed by atoms with Crippen LogP contribution in [0.15, 0.2) is 28.8 Å². The minimum absolute atomic E-state index is 0.0173. The van der Waals surface area contributed by atoms with Crippen LogP contribution in [0.1, 0.15) is 23.3 Å². The van der Waals surface area contributed by atoms with E-state index in [4.69, 9.17) is 14.4 Å². The molecule has 0 aliphatic carbocycles. The summed E-state index contributed by atoms with van der Waals surface area (Å²) < 4.78 is 5.26. The zero-order valence-electron chi connectivity index (χ0n) is 12.7. The van der Waals surface area contributed by atoms with Crippen LogP contribution >= 0.6 is 0 Å². The van der Waals surface area contributed by atoms with Gasteiger partial charge in [-0.1, -0.05) is 17.3 Å². The van der Waals surface area contributed by atoms with Crippen molar-refractivity contribution in [3.05, 3.63) is 30.0 Å². The lowest BCUT2D eigenvalue weighted by molar-refractivity contribution is -0.122. The van der Waals surface area contributed by atoms with E-state index in [9.17, 15) is 4.79 Å². The minimum atomic E-state index is -0.250. The van der Waals surface area contributed by atoms with Crippen LogP contribution in [0.3, 0.4) is 0 Å². The summed E-state index contributed by atoms with van der Waals surface area (Å²) in [5, 5.41) is 11.7. The zero-order chi connectivity index (χ0) is 16.2. The van der Waals surface area contributed by atoms with Crippen LogP contribution < -0.4 is 0 Å². The van der Waals surface area contributed by atoms with Gasteiger partial charge in [0, 0.05) is 32.2 Å². The molecule has 2 aromatic rings. The molecule has 3 fully saturated rings. The highest BCUT2D eigenvalue weighted by Crippen LogP contribution is 2.25. The molecule has 3 aliphatic heterocycles. The SMILES string of the molecule is O=C(c1noc2ccccc12)N1CCN2CCC1CC2.O=CO. The van der Waals surface area contributed by atoms with Gasteiger partial charge in [-0.05, 0) is 25.0 Å². The first-order valence-corrected chi connectivity index (χ1v) is 7.70. The highest BCUT2D eigenvalue weighted by molar-refractivity contribution is 6.04. The Labute approximate surface area is 133 Å². The molecule has 3 aliphatic rings. The maximum absolute atomic E-state index is 12.8. The molecule has 0 atom stereocenters. The third kappa shape index (κ3) is 3.05. The third-order valence-electron chi connectivity index (χ3n) is 4.50. The van der Waals surface area contributed by atoms with E-state index in [-0.39, 0.29) is 12.4 Å². The number of amides is 1. The molecule has 1 aromatic heterocycles. The molecule has 4 heterocycles. The van der Waals surface area contributed by atoms with Crippen LogP contribution in [0.2, 0.25) is 0 Å². The smallest absolute Gasteiger partial charge is 0.290 e. The van der Waals surface area contributed by atoms with E-state index in [2.05, 4.69) is 10.1 Å². The summed E-state index contributed by atoms with van der Waals surface area (Å²) in [6, 6.07) is 7.91. The lowest BCUT2D eigenvalue weighted by Crippen LogP contribution is -2.41. The molecular formula is C16H19N3O4. The number of carboxylic acid groups (broad SMARTS) is 1. The van der Waals surface area contributed by atoms with Crippen molar-refractivity contribution in [1.29, 1.82) is 0 Å². The number of aromatic nitrogens is 1. The summed E-state index contributed by atoms with van der Waals surface area (Å²) in [4.78, 5) is 25.6. The van der Waals surface area contributed by atoms with E-state index in [1.807, 2.05) is 29.2 Å². The molecule has 23 heavy (non-hydrogen) atoms. The van der Waals surface area contributed by atoms with Gasteiger partial charge in [-0.25, -0.2) is 0 Å². The third-order valence-corrected chi connectivity index (χ3v) is 4.50. The van der Waals surface area contributed by atoms with Gasteiger partial charge < -0.3 is 19.4 Å². The van der Waals surface area contributed by atoms with Gasteiger partial charge in [0.15, 0.2) is 11.3 Å². The van der Waals surface area contributed by atoms with Gasteiger partial charge in [0.05, 0.1) is 5.39 Å². The number of nitrogens with zero attached hydrogens (tertiary/aromatic N) is 3. The fraction of sp³-hybridized carbons (Fsp3) is 0.438. The van der Waals surface area contributed by atoms with E-state index in [1.54, 1.807) is 0 Å². The molecule has 7 nitrogen and oxygen atoms in total. The molecular weight excluding hydrogens is 298 g/mol. The minimum Gasteiger partial charge on any atom is -0.483 e. The van der Waals surface area contributed by atoms with E-state index >= 15 is 0 Å². The lowest BCUT2D eigenvalue weighted by Gasteiger charge is -2.30. The van der Waals surface area contributed by atoms with Crippen molar-refractivity contribution < 1.29 is 19.2 Å². The van der Waals surface area contributed by atoms with Crippen LogP contribution in [-0.2, 0) is 4.79 Å². The Kier molecular flexibility index (Phi) is 4.57. The Hall–Kier alpha value is -2.41. The van der Waals surface area contributed by atoms with Gasteiger partial charge >= 0.3 is 0 Å². The molecule has 122 valence electrons. The summed E-state index contributed by atoms with van der Waals surface area (Å²) >= 11 is 0. The Bertz CT molecular complexity index is 691. The van der Waals surface area contributed by atoms with E-state index in [0.717, 1.165) is 44.4 Å². The number of hydrogen-bond acceptors (Lipinski definition) is 5. The number of carbonyl (C=O) groups is 2. The number of rotatable bonds is 1. The van der Waals surface area contributed by atoms with Gasteiger partial charge in [0.2, 0.25) is 0 Å². The summed E-state index contributed by atoms with van der Waals surface area (Å²) in [7, 11) is 0. The monoisotopic (exact) mass is 317 g/mol. The molecule has 0 spiro atoms. The Morgan fingerprint density at radius 3 is 2.65 bits per heavy atom. The number of hydrogen-bond donors (Lipinski definition) is 1. The second kappa shape index (κ2) is 6.78. The topological polar surface area (TPSA) is 86.9 Å². The Balaban J connectivity index is 0.000000485. The molecule has 7 heteroatoms. The molecule has 1 amide bonds. The van der Waals surface area contributed by atoms with Crippen molar-refractivity contribution in [2.75, 3.05) is 26.2 Å². The lowest BCUT2D eigenvalue weighted by atomic mass is 10.0. The number of fused-ring (bicyclic) bond motifs is 5. The quantitative estimate of drug-likeness (QED) is 0.801. The fourth-order valence-electron chi connectivity index (χ4n) is 3.33. The first-order valence-electron chi connectivity index (χ1n) is 7.70. The summed E-state index contributed by atoms with van der Waals surface area (Å²) in [6.07, 6.45) is 2.14. The first-order chi connectivity index (χ1) is 11.2. The number of carbonyl (C=O) groups excluding carboxylic acids is 1. The largest absolute Gasteiger partial charge is 0.483 e. The Morgan fingerprint density at radius 2 is 1.91 bits per heavy atom. The average molecular weight is 317 g/mol. The van der Waals surface area contributed by atoms with Crippen molar-refractivity contribution in [2.45, 2.75) is 18.9 Å². The molecule has 0 unspecified atom stereocenters. The number of piperidine rings is 1. The van der Waals surface area contributed by atoms with Gasteiger partial charge in [-0.3, -0.25) is 9.59 Å². The fourth-order valence-corrected chi connectivity index (χ4v) is 3.33. The van der Waals surface area contributed by atoms with Crippen molar-refractivity contribution in [3.8, 4) is 0 Å². The average Bonchev–Trinajstić information content (AvgIpc) is 2.77. The van der Waals surface area contributed by atoms with Crippen LogP contribution in [0.4, 0.5) is 0 Å². The summed E-state index contributed by atoms with van der Waals surface area (Å²) in [6.45, 7) is 3.73. The van der Waals surface area contributed by atoms with Gasteiger partial charge in [0.25, 0.3) is 12.4 Å². The molecule has 2 bridgehead atoms. The van der Waals surface area contributed by atoms with Gasteiger partial charge in [-0.15, -0.1) is 0 Å². The summed E-state index contributed by atoms with van der Waals surface area (Å²) in [5.74, 6) is 0.0173. The van der Waals surface area contributed by atoms with Crippen LogP contribution in [0.5, 0.6) is 0 Å². The molecule has 5 rings (SSSR count). The van der Waals surface area contributed by atoms with E-state index < -0.39 is 0 Å². The normalized spacial score (nSPS) is 23.0. The second-order valence-electron chi connectivity index (χ2n) is 5.70. The first kappa shape index (κ1) is 15.5. The maximum atomic E-state index is 12.8. The van der Waals surface area contributed by atoms with Crippen LogP contribution in [-0.4, -0.2) is 64.7 Å². The number of benzene rings is 1. The predicted molar refractivity (Wildman–Crippen MR) is 83.2 cm³/mol. The maximum Gasteiger partial charge on any atom is 0.290 e. The van der Waals surface area contributed by atoms with Crippen molar-refractivity contribution in [3.63, 3.8) is 0 Å². The van der Waals surface area contributed by atoms with E-state index in [0.29, 0.717) is 17.3 Å². The number of para-hydroxylation sites is 1. The highest BCUT2D eigenvalue weighted by Gasteiger charge is 2.34. The molecule has 0 radical (unpaired) electrons. The van der Waals surface area contributed by atoms with Crippen molar-refractivity contribution >= 4 is 23.3 Å². The van der Waals surface area contributed by atoms with Crippen LogP contribution in [0, 0.1) is 0 Å². The van der Waals surface area contributed by atoms with Gasteiger partial charge in [-0.2, -0.15) is 0 Å². The predicted octanol–water partition coefficient (Wildman–Crippen LogP) is 1.45. The van der Waals surface area contributed by atoms with Crippen molar-refractivity contribution in [1.82, 2.24) is 15.0 Å². The van der Waals surface area contributed by atoms with Crippen LogP contribution in [0.25, 0.3) is 11.0 Å².